The predicted molar refractivity (Wildman–Crippen MR) is 80.6 cm³/mol. The number of carbonyl (C=O) groups is 2. The molecule has 1 unspecified atom stereocenters. The van der Waals surface area contributed by atoms with Gasteiger partial charge in [-0.1, -0.05) is 0 Å². The van der Waals surface area contributed by atoms with Gasteiger partial charge in [-0.25, -0.2) is 4.79 Å². The fourth-order valence-electron chi connectivity index (χ4n) is 2.03. The van der Waals surface area contributed by atoms with Crippen molar-refractivity contribution in [3.63, 3.8) is 0 Å². The number of hydrogen-bond acceptors (Lipinski definition) is 4. The third-order valence-electron chi connectivity index (χ3n) is 2.87. The van der Waals surface area contributed by atoms with Crippen molar-refractivity contribution < 1.29 is 14.3 Å². The third kappa shape index (κ3) is 3.93. The minimum atomic E-state index is -0.762. The molecule has 21 heavy (non-hydrogen) atoms. The van der Waals surface area contributed by atoms with Crippen LogP contribution in [0, 0.1) is 0 Å². The monoisotopic (exact) mass is 355 g/mol. The molecule has 1 aromatic heterocycles. The van der Waals surface area contributed by atoms with Gasteiger partial charge in [-0.2, -0.15) is 0 Å². The first kappa shape index (κ1) is 15.8. The Hall–Kier alpha value is -1.63. The molecule has 2 rings (SSSR count). The first-order valence-electron chi connectivity index (χ1n) is 6.67. The average Bonchev–Trinajstić information content (AvgIpc) is 2.38. The summed E-state index contributed by atoms with van der Waals surface area (Å²) in [5.74, 6) is -0.248. The minimum Gasteiger partial charge on any atom is -0.444 e. The standard InChI is InChI=1S/C14H18BrN3O3/c1-14(2,3)21-13(20)18-7-6-16-12(19)11(18)10-5-4-9(15)8-17-10/h4-5,8,11H,6-7H2,1-3H3,(H,16,19). The number of nitrogens with zero attached hydrogens (tertiary/aromatic N) is 2. The number of pyridine rings is 1. The second-order valence-electron chi connectivity index (χ2n) is 5.77. The highest BCUT2D eigenvalue weighted by molar-refractivity contribution is 9.10. The van der Waals surface area contributed by atoms with Gasteiger partial charge in [-0.15, -0.1) is 0 Å². The molecule has 1 aromatic rings. The molecule has 1 fully saturated rings. The highest BCUT2D eigenvalue weighted by Crippen LogP contribution is 2.24. The van der Waals surface area contributed by atoms with E-state index in [-0.39, 0.29) is 5.91 Å². The molecule has 0 bridgehead atoms. The molecule has 114 valence electrons. The Balaban J connectivity index is 2.27. The zero-order chi connectivity index (χ0) is 15.6. The molecular weight excluding hydrogens is 338 g/mol. The van der Waals surface area contributed by atoms with E-state index in [1.807, 2.05) is 0 Å². The molecule has 2 heterocycles. The van der Waals surface area contributed by atoms with Gasteiger partial charge in [-0.05, 0) is 48.8 Å². The molecule has 1 saturated heterocycles. The van der Waals surface area contributed by atoms with Crippen molar-refractivity contribution in [1.82, 2.24) is 15.2 Å². The fraction of sp³-hybridized carbons (Fsp3) is 0.500. The van der Waals surface area contributed by atoms with E-state index in [9.17, 15) is 9.59 Å². The van der Waals surface area contributed by atoms with Crippen molar-refractivity contribution in [1.29, 1.82) is 0 Å². The smallest absolute Gasteiger partial charge is 0.411 e. The summed E-state index contributed by atoms with van der Waals surface area (Å²) in [4.78, 5) is 30.1. The predicted octanol–water partition coefficient (Wildman–Crippen LogP) is 2.25. The second-order valence-corrected chi connectivity index (χ2v) is 6.68. The highest BCUT2D eigenvalue weighted by Gasteiger charge is 2.37. The summed E-state index contributed by atoms with van der Waals surface area (Å²) in [6, 6.07) is 2.75. The summed E-state index contributed by atoms with van der Waals surface area (Å²) in [5, 5.41) is 2.75. The largest absolute Gasteiger partial charge is 0.444 e. The Labute approximate surface area is 132 Å². The maximum atomic E-state index is 12.3. The number of ether oxygens (including phenoxy) is 1. The number of hydrogen-bond donors (Lipinski definition) is 1. The first-order valence-corrected chi connectivity index (χ1v) is 7.46. The number of piperazine rings is 1. The van der Waals surface area contributed by atoms with Crippen molar-refractivity contribution in [2.24, 2.45) is 0 Å². The van der Waals surface area contributed by atoms with E-state index < -0.39 is 17.7 Å². The first-order chi connectivity index (χ1) is 9.78. The van der Waals surface area contributed by atoms with Crippen LogP contribution in [-0.2, 0) is 9.53 Å². The number of halogens is 1. The lowest BCUT2D eigenvalue weighted by Crippen LogP contribution is -2.53. The van der Waals surface area contributed by atoms with Gasteiger partial charge in [0.1, 0.15) is 5.60 Å². The van der Waals surface area contributed by atoms with Crippen LogP contribution in [0.4, 0.5) is 4.79 Å². The lowest BCUT2D eigenvalue weighted by Gasteiger charge is -2.35. The van der Waals surface area contributed by atoms with Crippen molar-refractivity contribution in [3.05, 3.63) is 28.5 Å². The number of nitrogens with one attached hydrogen (secondary N) is 1. The maximum Gasteiger partial charge on any atom is 0.411 e. The van der Waals surface area contributed by atoms with Gasteiger partial charge in [0, 0.05) is 23.8 Å². The van der Waals surface area contributed by atoms with Crippen LogP contribution in [0.15, 0.2) is 22.8 Å². The van der Waals surface area contributed by atoms with Crippen LogP contribution in [0.2, 0.25) is 0 Å². The zero-order valence-corrected chi connectivity index (χ0v) is 13.8. The molecule has 0 spiro atoms. The lowest BCUT2D eigenvalue weighted by molar-refractivity contribution is -0.129. The molecule has 1 aliphatic heterocycles. The van der Waals surface area contributed by atoms with E-state index in [0.717, 1.165) is 4.47 Å². The van der Waals surface area contributed by atoms with E-state index in [2.05, 4.69) is 26.2 Å². The molecule has 0 aliphatic carbocycles. The van der Waals surface area contributed by atoms with Crippen LogP contribution in [0.5, 0.6) is 0 Å². The Morgan fingerprint density at radius 1 is 1.48 bits per heavy atom. The van der Waals surface area contributed by atoms with Crippen molar-refractivity contribution in [2.75, 3.05) is 13.1 Å². The van der Waals surface area contributed by atoms with Crippen molar-refractivity contribution >= 4 is 27.9 Å². The van der Waals surface area contributed by atoms with E-state index >= 15 is 0 Å². The fourth-order valence-corrected chi connectivity index (χ4v) is 2.26. The van der Waals surface area contributed by atoms with Gasteiger partial charge < -0.3 is 10.1 Å². The summed E-state index contributed by atoms with van der Waals surface area (Å²) < 4.78 is 6.18. The highest BCUT2D eigenvalue weighted by atomic mass is 79.9. The molecule has 0 saturated carbocycles. The summed E-state index contributed by atoms with van der Waals surface area (Å²) >= 11 is 3.30. The Morgan fingerprint density at radius 2 is 2.19 bits per heavy atom. The third-order valence-corrected chi connectivity index (χ3v) is 3.34. The normalized spacial score (nSPS) is 19.1. The summed E-state index contributed by atoms with van der Waals surface area (Å²) in [7, 11) is 0. The van der Waals surface area contributed by atoms with Gasteiger partial charge in [0.05, 0.1) is 5.69 Å². The van der Waals surface area contributed by atoms with Gasteiger partial charge in [0.25, 0.3) is 0 Å². The van der Waals surface area contributed by atoms with Crippen LogP contribution >= 0.6 is 15.9 Å². The van der Waals surface area contributed by atoms with E-state index in [1.54, 1.807) is 39.1 Å². The minimum absolute atomic E-state index is 0.248. The Bertz CT molecular complexity index is 539. The van der Waals surface area contributed by atoms with Crippen LogP contribution in [-0.4, -0.2) is 40.6 Å². The molecular formula is C14H18BrN3O3. The average molecular weight is 356 g/mol. The Kier molecular flexibility index (Phi) is 4.51. The zero-order valence-electron chi connectivity index (χ0n) is 12.2. The molecule has 1 aliphatic rings. The SMILES string of the molecule is CC(C)(C)OC(=O)N1CCNC(=O)C1c1ccc(Br)cn1. The maximum absolute atomic E-state index is 12.3. The van der Waals surface area contributed by atoms with Crippen LogP contribution < -0.4 is 5.32 Å². The summed E-state index contributed by atoms with van der Waals surface area (Å²) in [6.45, 7) is 6.18. The van der Waals surface area contributed by atoms with Crippen molar-refractivity contribution in [2.45, 2.75) is 32.4 Å². The molecule has 2 amide bonds. The Morgan fingerprint density at radius 3 is 2.76 bits per heavy atom. The lowest BCUT2D eigenvalue weighted by atomic mass is 10.1. The summed E-state index contributed by atoms with van der Waals surface area (Å²) in [5.41, 5.74) is -0.0934. The van der Waals surface area contributed by atoms with Gasteiger partial charge >= 0.3 is 6.09 Å². The quantitative estimate of drug-likeness (QED) is 0.838. The van der Waals surface area contributed by atoms with E-state index in [0.29, 0.717) is 18.8 Å². The molecule has 1 atom stereocenters. The number of carbonyl (C=O) groups excluding carboxylic acids is 2. The number of aromatic nitrogens is 1. The van der Waals surface area contributed by atoms with Crippen LogP contribution in [0.1, 0.15) is 32.5 Å². The second kappa shape index (κ2) is 6.01. The van der Waals surface area contributed by atoms with Crippen LogP contribution in [0.25, 0.3) is 0 Å². The van der Waals surface area contributed by atoms with Gasteiger partial charge in [-0.3, -0.25) is 14.7 Å². The number of amides is 2. The molecule has 7 heteroatoms. The van der Waals surface area contributed by atoms with Crippen molar-refractivity contribution in [3.8, 4) is 0 Å². The molecule has 0 radical (unpaired) electrons. The van der Waals surface area contributed by atoms with E-state index in [4.69, 9.17) is 4.74 Å². The van der Waals surface area contributed by atoms with Gasteiger partial charge in [0.15, 0.2) is 6.04 Å². The molecule has 0 aromatic carbocycles. The van der Waals surface area contributed by atoms with Gasteiger partial charge in [0.2, 0.25) is 5.91 Å². The molecule has 6 nitrogen and oxygen atoms in total. The summed E-state index contributed by atoms with van der Waals surface area (Å²) in [6.07, 6.45) is 1.09. The molecule has 1 N–H and O–H groups in total. The number of rotatable bonds is 1. The van der Waals surface area contributed by atoms with E-state index in [1.165, 1.54) is 4.90 Å². The topological polar surface area (TPSA) is 71.5 Å². The van der Waals surface area contributed by atoms with Crippen LogP contribution in [0.3, 0.4) is 0 Å².